The summed E-state index contributed by atoms with van der Waals surface area (Å²) in [7, 11) is 7.79. The summed E-state index contributed by atoms with van der Waals surface area (Å²) in [6, 6.07) is 0. The summed E-state index contributed by atoms with van der Waals surface area (Å²) in [5.41, 5.74) is 5.87. The molecule has 1 aromatic heterocycles. The first-order chi connectivity index (χ1) is 9.36. The average molecular weight is 299 g/mol. The molecule has 0 aliphatic rings. The monoisotopic (exact) mass is 299 g/mol. The molecule has 0 radical (unpaired) electrons. The third-order valence-electron chi connectivity index (χ3n) is 3.08. The minimum absolute atomic E-state index is 0.0468. The van der Waals surface area contributed by atoms with Gasteiger partial charge in [-0.2, -0.15) is 0 Å². The summed E-state index contributed by atoms with van der Waals surface area (Å²) < 4.78 is 0. The van der Waals surface area contributed by atoms with Gasteiger partial charge in [-0.3, -0.25) is 4.79 Å². The standard InChI is InChI=1S/C13H25N5OS/c1-6-17(4)13-15-11(14)10(20-13)12(19)18(5)9-7-8-16(2)3/h6-9,14H2,1-5H3. The molecule has 114 valence electrons. The first-order valence-corrected chi connectivity index (χ1v) is 7.56. The molecule has 7 heteroatoms. The Kier molecular flexibility index (Phi) is 6.22. The maximum Gasteiger partial charge on any atom is 0.267 e. The van der Waals surface area contributed by atoms with E-state index in [-0.39, 0.29) is 5.91 Å². The van der Waals surface area contributed by atoms with E-state index >= 15 is 0 Å². The molecule has 6 nitrogen and oxygen atoms in total. The van der Waals surface area contributed by atoms with Gasteiger partial charge < -0.3 is 20.4 Å². The SMILES string of the molecule is CCN(C)c1nc(N)c(C(=O)N(C)CCCN(C)C)s1. The second-order valence-electron chi connectivity index (χ2n) is 5.11. The summed E-state index contributed by atoms with van der Waals surface area (Å²) in [6.07, 6.45) is 0.940. The Morgan fingerprint density at radius 1 is 1.25 bits per heavy atom. The minimum atomic E-state index is -0.0468. The number of amides is 1. The van der Waals surface area contributed by atoms with Gasteiger partial charge in [0.2, 0.25) is 0 Å². The van der Waals surface area contributed by atoms with Crippen LogP contribution in [0.3, 0.4) is 0 Å². The maximum absolute atomic E-state index is 12.3. The van der Waals surface area contributed by atoms with Crippen molar-refractivity contribution >= 4 is 28.2 Å². The summed E-state index contributed by atoms with van der Waals surface area (Å²) >= 11 is 1.36. The fourth-order valence-electron chi connectivity index (χ4n) is 1.67. The van der Waals surface area contributed by atoms with E-state index < -0.39 is 0 Å². The van der Waals surface area contributed by atoms with Crippen LogP contribution >= 0.6 is 11.3 Å². The molecule has 1 aromatic rings. The second kappa shape index (κ2) is 7.44. The Bertz CT molecular complexity index is 446. The zero-order chi connectivity index (χ0) is 15.3. The summed E-state index contributed by atoms with van der Waals surface area (Å²) in [6.45, 7) is 4.54. The van der Waals surface area contributed by atoms with Gasteiger partial charge in [-0.25, -0.2) is 4.98 Å². The lowest BCUT2D eigenvalue weighted by Crippen LogP contribution is -2.29. The molecular weight excluding hydrogens is 274 g/mol. The van der Waals surface area contributed by atoms with Crippen molar-refractivity contribution in [3.63, 3.8) is 0 Å². The normalized spacial score (nSPS) is 10.9. The number of carbonyl (C=O) groups excluding carboxylic acids is 1. The molecule has 0 fully saturated rings. The number of aromatic nitrogens is 1. The summed E-state index contributed by atoms with van der Waals surface area (Å²) in [5, 5.41) is 0.787. The number of hydrogen-bond acceptors (Lipinski definition) is 6. The summed E-state index contributed by atoms with van der Waals surface area (Å²) in [5.74, 6) is 0.282. The molecule has 0 saturated carbocycles. The van der Waals surface area contributed by atoms with Crippen LogP contribution in [0.5, 0.6) is 0 Å². The molecule has 0 aromatic carbocycles. The molecule has 0 unspecified atom stereocenters. The summed E-state index contributed by atoms with van der Waals surface area (Å²) in [4.78, 5) is 22.9. The molecule has 0 atom stereocenters. The van der Waals surface area contributed by atoms with Crippen molar-refractivity contribution in [3.05, 3.63) is 4.88 Å². The second-order valence-corrected chi connectivity index (χ2v) is 6.09. The number of carbonyl (C=O) groups is 1. The Morgan fingerprint density at radius 3 is 2.45 bits per heavy atom. The largest absolute Gasteiger partial charge is 0.382 e. The molecule has 1 heterocycles. The van der Waals surface area contributed by atoms with Crippen LogP contribution in [0.4, 0.5) is 10.9 Å². The molecule has 1 amide bonds. The average Bonchev–Trinajstić information content (AvgIpc) is 2.78. The van der Waals surface area contributed by atoms with E-state index in [1.165, 1.54) is 11.3 Å². The lowest BCUT2D eigenvalue weighted by molar-refractivity contribution is 0.0796. The third-order valence-corrected chi connectivity index (χ3v) is 4.26. The van der Waals surface area contributed by atoms with Crippen molar-refractivity contribution in [2.24, 2.45) is 0 Å². The van der Waals surface area contributed by atoms with Gasteiger partial charge in [-0.15, -0.1) is 0 Å². The van der Waals surface area contributed by atoms with Crippen LogP contribution in [-0.4, -0.2) is 68.5 Å². The van der Waals surface area contributed by atoms with Gasteiger partial charge >= 0.3 is 0 Å². The fourth-order valence-corrected chi connectivity index (χ4v) is 2.68. The van der Waals surface area contributed by atoms with Crippen molar-refractivity contribution < 1.29 is 4.79 Å². The van der Waals surface area contributed by atoms with Crippen LogP contribution in [0.25, 0.3) is 0 Å². The van der Waals surface area contributed by atoms with Crippen LogP contribution in [-0.2, 0) is 0 Å². The Balaban J connectivity index is 2.69. The van der Waals surface area contributed by atoms with Gasteiger partial charge in [0.1, 0.15) is 10.7 Å². The van der Waals surface area contributed by atoms with Gasteiger partial charge in [0, 0.05) is 27.2 Å². The van der Waals surface area contributed by atoms with E-state index in [1.54, 1.807) is 11.9 Å². The first kappa shape index (κ1) is 16.7. The maximum atomic E-state index is 12.3. The van der Waals surface area contributed by atoms with Gasteiger partial charge in [0.05, 0.1) is 0 Å². The highest BCUT2D eigenvalue weighted by Gasteiger charge is 2.20. The van der Waals surface area contributed by atoms with Gasteiger partial charge in [-0.1, -0.05) is 11.3 Å². The van der Waals surface area contributed by atoms with Crippen molar-refractivity contribution in [2.45, 2.75) is 13.3 Å². The van der Waals surface area contributed by atoms with E-state index in [0.29, 0.717) is 17.2 Å². The number of thiazole rings is 1. The van der Waals surface area contributed by atoms with E-state index in [0.717, 1.165) is 24.6 Å². The van der Waals surface area contributed by atoms with Gasteiger partial charge in [0.25, 0.3) is 5.91 Å². The Morgan fingerprint density at radius 2 is 1.90 bits per heavy atom. The van der Waals surface area contributed by atoms with E-state index in [9.17, 15) is 4.79 Å². The number of anilines is 2. The van der Waals surface area contributed by atoms with E-state index in [2.05, 4.69) is 9.88 Å². The zero-order valence-electron chi connectivity index (χ0n) is 13.0. The minimum Gasteiger partial charge on any atom is -0.382 e. The number of nitrogens with two attached hydrogens (primary N) is 1. The molecule has 20 heavy (non-hydrogen) atoms. The quantitative estimate of drug-likeness (QED) is 0.819. The highest BCUT2D eigenvalue weighted by molar-refractivity contribution is 7.18. The van der Waals surface area contributed by atoms with Crippen LogP contribution in [0.1, 0.15) is 23.0 Å². The predicted octanol–water partition coefficient (Wildman–Crippen LogP) is 1.21. The third kappa shape index (κ3) is 4.35. The molecule has 0 aliphatic heterocycles. The number of nitrogens with zero attached hydrogens (tertiary/aromatic N) is 4. The smallest absolute Gasteiger partial charge is 0.267 e. The highest BCUT2D eigenvalue weighted by atomic mass is 32.1. The van der Waals surface area contributed by atoms with Crippen LogP contribution in [0.2, 0.25) is 0 Å². The van der Waals surface area contributed by atoms with Gasteiger partial charge in [-0.05, 0) is 34.0 Å². The number of rotatable bonds is 7. The topological polar surface area (TPSA) is 65.7 Å². The van der Waals surface area contributed by atoms with Gasteiger partial charge in [0.15, 0.2) is 5.13 Å². The first-order valence-electron chi connectivity index (χ1n) is 6.74. The van der Waals surface area contributed by atoms with Crippen LogP contribution in [0.15, 0.2) is 0 Å². The van der Waals surface area contributed by atoms with Crippen LogP contribution < -0.4 is 10.6 Å². The van der Waals surface area contributed by atoms with E-state index in [1.807, 2.05) is 33.0 Å². The molecule has 1 rings (SSSR count). The fraction of sp³-hybridized carbons (Fsp3) is 0.692. The molecule has 0 spiro atoms. The predicted molar refractivity (Wildman–Crippen MR) is 85.6 cm³/mol. The number of nitrogen functional groups attached to an aromatic ring is 1. The molecule has 0 saturated heterocycles. The molecular formula is C13H25N5OS. The highest BCUT2D eigenvalue weighted by Crippen LogP contribution is 2.28. The zero-order valence-corrected chi connectivity index (χ0v) is 13.8. The Hall–Kier alpha value is -1.34. The lowest BCUT2D eigenvalue weighted by atomic mass is 10.3. The van der Waals surface area contributed by atoms with E-state index in [4.69, 9.17) is 5.73 Å². The van der Waals surface area contributed by atoms with Crippen molar-refractivity contribution in [1.82, 2.24) is 14.8 Å². The van der Waals surface area contributed by atoms with Crippen molar-refractivity contribution in [2.75, 3.05) is 58.5 Å². The van der Waals surface area contributed by atoms with Crippen molar-refractivity contribution in [3.8, 4) is 0 Å². The van der Waals surface area contributed by atoms with Crippen LogP contribution in [0, 0.1) is 0 Å². The number of hydrogen-bond donors (Lipinski definition) is 1. The van der Waals surface area contributed by atoms with Crippen molar-refractivity contribution in [1.29, 1.82) is 0 Å². The Labute approximate surface area is 125 Å². The lowest BCUT2D eigenvalue weighted by Gasteiger charge is -2.17. The molecule has 0 bridgehead atoms. The molecule has 2 N–H and O–H groups in total. The molecule has 0 aliphatic carbocycles.